The second-order valence-electron chi connectivity index (χ2n) is 9.24. The molecule has 1 nitrogen and oxygen atoms in total. The fourth-order valence-electron chi connectivity index (χ4n) is 5.11. The summed E-state index contributed by atoms with van der Waals surface area (Å²) in [7, 11) is 0. The van der Waals surface area contributed by atoms with Gasteiger partial charge in [-0.15, -0.1) is 24.8 Å². The molecule has 1 N–H and O–H groups in total. The van der Waals surface area contributed by atoms with E-state index in [2.05, 4.69) is 124 Å². The zero-order chi connectivity index (χ0) is 22.8. The molecule has 4 rings (SSSR count). The number of halogens is 2. The molecule has 1 unspecified atom stereocenters. The Morgan fingerprint density at radius 2 is 1.15 bits per heavy atom. The molecule has 0 aliphatic heterocycles. The quantitative estimate of drug-likeness (QED) is 0.281. The number of aryl methyl sites for hydroxylation is 2. The van der Waals surface area contributed by atoms with Gasteiger partial charge in [0.1, 0.15) is 0 Å². The van der Waals surface area contributed by atoms with Crippen LogP contribution in [0, 0.1) is 19.8 Å². The molecule has 0 aromatic heterocycles. The van der Waals surface area contributed by atoms with Crippen molar-refractivity contribution in [1.29, 1.82) is 0 Å². The van der Waals surface area contributed by atoms with Crippen molar-refractivity contribution in [2.75, 3.05) is 3.30 Å². The Hall–Kier alpha value is -1.39. The zero-order valence-corrected chi connectivity index (χ0v) is 27.4. The van der Waals surface area contributed by atoms with E-state index < -0.39 is 26.9 Å². The first kappa shape index (κ1) is 28.8. The van der Waals surface area contributed by atoms with E-state index in [1.54, 1.807) is 24.8 Å². The SMILES string of the molecule is CC1=C(C)C(C)[C]([Hf]([NH]c2cc(C)cc(C)c2)[SiH](c2ccccc2)c2ccccc2)=C1C.Cl.Cl. The first-order valence-electron chi connectivity index (χ1n) is 11.6. The fourth-order valence-corrected chi connectivity index (χ4v) is 36.0. The van der Waals surface area contributed by atoms with Crippen molar-refractivity contribution in [1.82, 2.24) is 0 Å². The van der Waals surface area contributed by atoms with Crippen LogP contribution in [0.3, 0.4) is 0 Å². The molecule has 3 aromatic rings. The summed E-state index contributed by atoms with van der Waals surface area (Å²) < 4.78 is 6.08. The average Bonchev–Trinajstić information content (AvgIpc) is 2.97. The summed E-state index contributed by atoms with van der Waals surface area (Å²) in [6, 6.07) is 29.8. The average molecular weight is 676 g/mol. The standard InChI is InChI=1S/C12H11Si.C9H13.C8H10N.2ClH.Hf/c1-3-7-11(8-4-1)13-12-9-5-2-6-10-12;1-6-5-7(2)9(4)8(6)3;1-6-3-7(2)5-8(9)4-6;;;/h1-10,13H;6H,1-4H3;3-5,9H,1-2H3;2*1H;/q;;-1;;;+1. The Morgan fingerprint density at radius 3 is 1.56 bits per heavy atom. The Balaban J connectivity index is 0.00000204. The Morgan fingerprint density at radius 1 is 0.676 bits per heavy atom. The van der Waals surface area contributed by atoms with Gasteiger partial charge in [-0.1, -0.05) is 0 Å². The molecule has 0 saturated carbocycles. The largest absolute Gasteiger partial charge is 0.147 e. The van der Waals surface area contributed by atoms with Gasteiger partial charge in [0.25, 0.3) is 0 Å². The number of benzene rings is 3. The summed E-state index contributed by atoms with van der Waals surface area (Å²) in [5.41, 5.74) is 8.65. The summed E-state index contributed by atoms with van der Waals surface area (Å²) in [6.07, 6.45) is 0. The van der Waals surface area contributed by atoms with Gasteiger partial charge in [0.15, 0.2) is 0 Å². The molecule has 0 bridgehead atoms. The van der Waals surface area contributed by atoms with Crippen LogP contribution < -0.4 is 13.7 Å². The predicted molar refractivity (Wildman–Crippen MR) is 154 cm³/mol. The molecule has 5 heteroatoms. The minimum absolute atomic E-state index is 0. The zero-order valence-electron chi connectivity index (χ0n) is 21.0. The molecule has 3 aromatic carbocycles. The third kappa shape index (κ3) is 6.05. The third-order valence-electron chi connectivity index (χ3n) is 6.99. The maximum atomic E-state index is 4.29. The van der Waals surface area contributed by atoms with Crippen molar-refractivity contribution in [3.63, 3.8) is 0 Å². The smallest absolute Gasteiger partial charge is 0.147 e. The van der Waals surface area contributed by atoms with Crippen LogP contribution in [-0.2, 0) is 20.9 Å². The Kier molecular flexibility index (Phi) is 10.6. The molecule has 179 valence electrons. The van der Waals surface area contributed by atoms with Crippen LogP contribution in [-0.4, -0.2) is 5.98 Å². The van der Waals surface area contributed by atoms with E-state index in [0.29, 0.717) is 5.92 Å². The van der Waals surface area contributed by atoms with Gasteiger partial charge in [0.05, 0.1) is 0 Å². The van der Waals surface area contributed by atoms with E-state index >= 15 is 0 Å². The van der Waals surface area contributed by atoms with Gasteiger partial charge < -0.3 is 0 Å². The van der Waals surface area contributed by atoms with Gasteiger partial charge in [-0.05, 0) is 0 Å². The van der Waals surface area contributed by atoms with E-state index in [0.717, 1.165) is 0 Å². The van der Waals surface area contributed by atoms with E-state index in [4.69, 9.17) is 0 Å². The van der Waals surface area contributed by atoms with Gasteiger partial charge in [-0.25, -0.2) is 0 Å². The van der Waals surface area contributed by atoms with Crippen molar-refractivity contribution in [3.05, 3.63) is 110 Å². The van der Waals surface area contributed by atoms with Crippen molar-refractivity contribution >= 4 is 46.9 Å². The number of hydrogen-bond donors (Lipinski definition) is 1. The molecular formula is C29H36Cl2HfNSi. The first-order chi connectivity index (χ1) is 15.4. The number of rotatable bonds is 6. The minimum Gasteiger partial charge on any atom is -0.147 e. The summed E-state index contributed by atoms with van der Waals surface area (Å²) >= 11 is -2.59. The predicted octanol–water partition coefficient (Wildman–Crippen LogP) is 6.89. The van der Waals surface area contributed by atoms with Gasteiger partial charge in [0.2, 0.25) is 0 Å². The maximum Gasteiger partial charge on any atom is -0.147 e. The van der Waals surface area contributed by atoms with Gasteiger partial charge in [0, 0.05) is 0 Å². The number of hydrogen-bond acceptors (Lipinski definition) is 1. The topological polar surface area (TPSA) is 12.0 Å². The molecule has 1 aliphatic carbocycles. The van der Waals surface area contributed by atoms with Crippen LogP contribution in [0.4, 0.5) is 5.69 Å². The molecule has 34 heavy (non-hydrogen) atoms. The molecule has 1 aliphatic rings. The molecule has 0 fully saturated rings. The van der Waals surface area contributed by atoms with E-state index in [1.165, 1.54) is 22.4 Å². The third-order valence-corrected chi connectivity index (χ3v) is 33.8. The van der Waals surface area contributed by atoms with Crippen molar-refractivity contribution in [2.45, 2.75) is 41.5 Å². The monoisotopic (exact) mass is 676 g/mol. The van der Waals surface area contributed by atoms with Gasteiger partial charge in [-0.3, -0.25) is 0 Å². The summed E-state index contributed by atoms with van der Waals surface area (Å²) in [5, 5.41) is 3.15. The maximum absolute atomic E-state index is 4.29. The molecule has 0 amide bonds. The minimum atomic E-state index is -2.59. The Bertz CT molecular complexity index is 1120. The van der Waals surface area contributed by atoms with Crippen LogP contribution in [0.15, 0.2) is 98.9 Å². The van der Waals surface area contributed by atoms with Crippen molar-refractivity contribution < 1.29 is 20.9 Å². The van der Waals surface area contributed by atoms with E-state index in [1.807, 2.05) is 0 Å². The van der Waals surface area contributed by atoms with Crippen LogP contribution in [0.1, 0.15) is 38.8 Å². The summed E-state index contributed by atoms with van der Waals surface area (Å²) in [4.78, 5) is 0. The van der Waals surface area contributed by atoms with Crippen LogP contribution in [0.2, 0.25) is 0 Å². The van der Waals surface area contributed by atoms with Gasteiger partial charge >= 0.3 is 204 Å². The molecule has 0 heterocycles. The number of allylic oxidation sites excluding steroid dienone is 4. The summed E-state index contributed by atoms with van der Waals surface area (Å²) in [5.74, 6) is -0.880. The molecular weight excluding hydrogens is 640 g/mol. The summed E-state index contributed by atoms with van der Waals surface area (Å²) in [6.45, 7) is 13.9. The molecule has 1 atom stereocenters. The van der Waals surface area contributed by atoms with Crippen LogP contribution >= 0.6 is 24.8 Å². The van der Waals surface area contributed by atoms with Crippen LogP contribution in [0.5, 0.6) is 0 Å². The molecule has 0 saturated heterocycles. The van der Waals surface area contributed by atoms with Crippen molar-refractivity contribution in [3.8, 4) is 0 Å². The van der Waals surface area contributed by atoms with E-state index in [9.17, 15) is 0 Å². The Labute approximate surface area is 227 Å². The van der Waals surface area contributed by atoms with E-state index in [-0.39, 0.29) is 24.8 Å². The van der Waals surface area contributed by atoms with Crippen molar-refractivity contribution in [2.24, 2.45) is 5.92 Å². The number of nitrogens with one attached hydrogen (secondary N) is 1. The first-order valence-corrected chi connectivity index (χ1v) is 23.1. The molecule has 0 radical (unpaired) electrons. The fraction of sp³-hybridized carbons (Fsp3) is 0.241. The van der Waals surface area contributed by atoms with Crippen LogP contribution in [0.25, 0.3) is 0 Å². The second-order valence-corrected chi connectivity index (χ2v) is 28.2. The molecule has 0 spiro atoms. The van der Waals surface area contributed by atoms with Gasteiger partial charge in [-0.2, -0.15) is 0 Å². The normalized spacial score (nSPS) is 15.2. The second kappa shape index (κ2) is 12.5. The number of anilines is 1.